The smallest absolute Gasteiger partial charge is 0.153 e. The number of carbonyl (C=O) groups is 1. The first-order valence-corrected chi connectivity index (χ1v) is 3.61. The van der Waals surface area contributed by atoms with Crippen molar-refractivity contribution in [2.24, 2.45) is 0 Å². The third kappa shape index (κ3) is 1.81. The van der Waals surface area contributed by atoms with Crippen molar-refractivity contribution in [3.8, 4) is 0 Å². The van der Waals surface area contributed by atoms with E-state index in [4.69, 9.17) is 16.7 Å². The minimum atomic E-state index is -1.23. The van der Waals surface area contributed by atoms with Gasteiger partial charge in [0.1, 0.15) is 11.9 Å². The molecule has 1 N–H and O–H groups in total. The maximum atomic E-state index is 12.6. The van der Waals surface area contributed by atoms with E-state index < -0.39 is 11.9 Å². The number of aliphatic hydroxyl groups excluding tert-OH is 1. The molecule has 1 unspecified atom stereocenters. The zero-order valence-electron chi connectivity index (χ0n) is 6.00. The molecule has 0 radical (unpaired) electrons. The fourth-order valence-corrected chi connectivity index (χ4v) is 0.964. The first kappa shape index (κ1) is 9.16. The summed E-state index contributed by atoms with van der Waals surface area (Å²) in [5, 5.41) is 8.89. The predicted octanol–water partition coefficient (Wildman–Crippen LogP) is 1.71. The average molecular weight is 189 g/mol. The van der Waals surface area contributed by atoms with Crippen molar-refractivity contribution < 1.29 is 14.3 Å². The van der Waals surface area contributed by atoms with Crippen molar-refractivity contribution in [2.75, 3.05) is 0 Å². The highest BCUT2D eigenvalue weighted by Gasteiger charge is 2.07. The SMILES string of the molecule is O=CC(O)c1ccc(F)c(Cl)c1. The van der Waals surface area contributed by atoms with Crippen LogP contribution >= 0.6 is 11.6 Å². The third-order valence-electron chi connectivity index (χ3n) is 1.41. The minimum Gasteiger partial charge on any atom is -0.381 e. The molecule has 0 spiro atoms. The van der Waals surface area contributed by atoms with Crippen molar-refractivity contribution in [3.05, 3.63) is 34.6 Å². The molecular weight excluding hydrogens is 183 g/mol. The van der Waals surface area contributed by atoms with Crippen molar-refractivity contribution in [2.45, 2.75) is 6.10 Å². The molecule has 0 amide bonds. The van der Waals surface area contributed by atoms with Gasteiger partial charge in [0.25, 0.3) is 0 Å². The highest BCUT2D eigenvalue weighted by molar-refractivity contribution is 6.30. The van der Waals surface area contributed by atoms with Crippen LogP contribution in [0, 0.1) is 5.82 Å². The molecule has 0 fully saturated rings. The lowest BCUT2D eigenvalue weighted by Crippen LogP contribution is -1.98. The molecule has 0 bridgehead atoms. The maximum absolute atomic E-state index is 12.6. The van der Waals surface area contributed by atoms with Gasteiger partial charge in [0.05, 0.1) is 5.02 Å². The lowest BCUT2D eigenvalue weighted by molar-refractivity contribution is -0.115. The normalized spacial score (nSPS) is 12.6. The summed E-state index contributed by atoms with van der Waals surface area (Å²) in [6.45, 7) is 0. The third-order valence-corrected chi connectivity index (χ3v) is 1.70. The zero-order valence-corrected chi connectivity index (χ0v) is 6.75. The van der Waals surface area contributed by atoms with Crippen molar-refractivity contribution in [1.29, 1.82) is 0 Å². The summed E-state index contributed by atoms with van der Waals surface area (Å²) < 4.78 is 12.6. The molecule has 64 valence electrons. The van der Waals surface area contributed by atoms with Crippen LogP contribution in [0.15, 0.2) is 18.2 Å². The Morgan fingerprint density at radius 3 is 2.75 bits per heavy atom. The summed E-state index contributed by atoms with van der Waals surface area (Å²) in [5.74, 6) is -0.571. The molecule has 1 rings (SSSR count). The molecule has 4 heteroatoms. The Bertz CT molecular complexity index is 301. The Morgan fingerprint density at radius 2 is 2.25 bits per heavy atom. The summed E-state index contributed by atoms with van der Waals surface area (Å²) in [4.78, 5) is 10.1. The van der Waals surface area contributed by atoms with Crippen molar-refractivity contribution in [1.82, 2.24) is 0 Å². The summed E-state index contributed by atoms with van der Waals surface area (Å²) in [6, 6.07) is 3.63. The lowest BCUT2D eigenvalue weighted by Gasteiger charge is -2.03. The second kappa shape index (κ2) is 3.65. The van der Waals surface area contributed by atoms with Gasteiger partial charge in [-0.1, -0.05) is 17.7 Å². The van der Waals surface area contributed by atoms with E-state index in [9.17, 15) is 9.18 Å². The second-order valence-corrected chi connectivity index (χ2v) is 2.66. The van der Waals surface area contributed by atoms with Crippen LogP contribution < -0.4 is 0 Å². The van der Waals surface area contributed by atoms with E-state index in [1.54, 1.807) is 0 Å². The van der Waals surface area contributed by atoms with Gasteiger partial charge >= 0.3 is 0 Å². The van der Waals surface area contributed by atoms with Gasteiger partial charge < -0.3 is 9.90 Å². The van der Waals surface area contributed by atoms with Crippen LogP contribution in [0.2, 0.25) is 5.02 Å². The van der Waals surface area contributed by atoms with E-state index in [2.05, 4.69) is 0 Å². The largest absolute Gasteiger partial charge is 0.381 e. The molecule has 0 aromatic heterocycles. The van der Waals surface area contributed by atoms with Gasteiger partial charge in [0.15, 0.2) is 6.29 Å². The molecule has 1 aromatic rings. The average Bonchev–Trinajstić information content (AvgIpc) is 2.08. The number of rotatable bonds is 2. The van der Waals surface area contributed by atoms with Gasteiger partial charge in [0, 0.05) is 0 Å². The lowest BCUT2D eigenvalue weighted by atomic mass is 10.1. The van der Waals surface area contributed by atoms with Crippen LogP contribution in [0.1, 0.15) is 11.7 Å². The summed E-state index contributed by atoms with van der Waals surface area (Å²) in [7, 11) is 0. The predicted molar refractivity (Wildman–Crippen MR) is 42.4 cm³/mol. The molecular formula is C8H6ClFO2. The number of aliphatic hydroxyl groups is 1. The van der Waals surface area contributed by atoms with Crippen molar-refractivity contribution in [3.63, 3.8) is 0 Å². The zero-order chi connectivity index (χ0) is 9.14. The van der Waals surface area contributed by atoms with Crippen LogP contribution in [0.4, 0.5) is 4.39 Å². The van der Waals surface area contributed by atoms with Gasteiger partial charge in [0.2, 0.25) is 0 Å². The Labute approximate surface area is 73.6 Å². The van der Waals surface area contributed by atoms with E-state index in [0.717, 1.165) is 6.07 Å². The van der Waals surface area contributed by atoms with E-state index in [0.29, 0.717) is 6.29 Å². The van der Waals surface area contributed by atoms with Gasteiger partial charge in [-0.2, -0.15) is 0 Å². The number of hydrogen-bond donors (Lipinski definition) is 1. The number of carbonyl (C=O) groups excluding carboxylic acids is 1. The summed E-state index contributed by atoms with van der Waals surface area (Å²) in [5.41, 5.74) is 0.288. The number of aldehydes is 1. The van der Waals surface area contributed by atoms with Crippen LogP contribution in [-0.2, 0) is 4.79 Å². The standard InChI is InChI=1S/C8H6ClFO2/c9-6-3-5(8(12)4-11)1-2-7(6)10/h1-4,8,12H. The van der Waals surface area contributed by atoms with Gasteiger partial charge in [-0.15, -0.1) is 0 Å². The first-order chi connectivity index (χ1) is 5.65. The maximum Gasteiger partial charge on any atom is 0.153 e. The van der Waals surface area contributed by atoms with E-state index >= 15 is 0 Å². The quantitative estimate of drug-likeness (QED) is 0.718. The molecule has 1 aromatic carbocycles. The Balaban J connectivity index is 3.04. The summed E-state index contributed by atoms with van der Waals surface area (Å²) in [6.07, 6.45) is -0.882. The Kier molecular flexibility index (Phi) is 2.78. The van der Waals surface area contributed by atoms with Gasteiger partial charge in [-0.05, 0) is 17.7 Å². The van der Waals surface area contributed by atoms with Crippen LogP contribution in [-0.4, -0.2) is 11.4 Å². The highest BCUT2D eigenvalue weighted by Crippen LogP contribution is 2.19. The molecule has 0 aliphatic heterocycles. The fourth-order valence-electron chi connectivity index (χ4n) is 0.775. The molecule has 1 atom stereocenters. The van der Waals surface area contributed by atoms with E-state index in [1.165, 1.54) is 12.1 Å². The van der Waals surface area contributed by atoms with Crippen LogP contribution in [0.3, 0.4) is 0 Å². The van der Waals surface area contributed by atoms with Gasteiger partial charge in [-0.3, -0.25) is 0 Å². The van der Waals surface area contributed by atoms with Gasteiger partial charge in [-0.25, -0.2) is 4.39 Å². The number of halogens is 2. The topological polar surface area (TPSA) is 37.3 Å². The molecule has 0 aliphatic carbocycles. The molecule has 0 aliphatic rings. The van der Waals surface area contributed by atoms with Crippen LogP contribution in [0.25, 0.3) is 0 Å². The number of benzene rings is 1. The molecule has 12 heavy (non-hydrogen) atoms. The van der Waals surface area contributed by atoms with E-state index in [-0.39, 0.29) is 10.6 Å². The minimum absolute atomic E-state index is 0.103. The first-order valence-electron chi connectivity index (χ1n) is 3.23. The molecule has 0 saturated carbocycles. The Morgan fingerprint density at radius 1 is 1.58 bits per heavy atom. The number of hydrogen-bond acceptors (Lipinski definition) is 2. The summed E-state index contributed by atoms with van der Waals surface area (Å²) >= 11 is 5.41. The molecule has 0 saturated heterocycles. The van der Waals surface area contributed by atoms with Crippen LogP contribution in [0.5, 0.6) is 0 Å². The highest BCUT2D eigenvalue weighted by atomic mass is 35.5. The molecule has 0 heterocycles. The fraction of sp³-hybridized carbons (Fsp3) is 0.125. The Hall–Kier alpha value is -0.930. The van der Waals surface area contributed by atoms with E-state index in [1.807, 2.05) is 0 Å². The monoisotopic (exact) mass is 188 g/mol. The second-order valence-electron chi connectivity index (χ2n) is 2.25. The molecule has 2 nitrogen and oxygen atoms in total. The van der Waals surface area contributed by atoms with Crippen molar-refractivity contribution >= 4 is 17.9 Å².